The summed E-state index contributed by atoms with van der Waals surface area (Å²) in [7, 11) is 0. The third-order valence-electron chi connectivity index (χ3n) is 5.00. The standard InChI is InChI=1S/C20H22N4O2/c25-20(26)17-12-22-19-16(6-9-21-19)18(17)23-15-7-10-24(11-8-15)13-14-4-2-1-3-5-14/h1-6,9,12,15H,7-8,10-11,13H2,(H,25,26)(H2,21,22,23). The first-order valence-electron chi connectivity index (χ1n) is 8.93. The van der Waals surface area contributed by atoms with E-state index in [0.29, 0.717) is 11.3 Å². The van der Waals surface area contributed by atoms with Gasteiger partial charge in [0, 0.05) is 43.5 Å². The van der Waals surface area contributed by atoms with Gasteiger partial charge < -0.3 is 15.4 Å². The van der Waals surface area contributed by atoms with Crippen molar-refractivity contribution in [3.05, 3.63) is 59.9 Å². The minimum atomic E-state index is -0.954. The first kappa shape index (κ1) is 16.6. The van der Waals surface area contributed by atoms with E-state index in [-0.39, 0.29) is 11.6 Å². The molecular weight excluding hydrogens is 328 g/mol. The van der Waals surface area contributed by atoms with Crippen LogP contribution in [0.25, 0.3) is 11.0 Å². The van der Waals surface area contributed by atoms with Crippen molar-refractivity contribution < 1.29 is 9.90 Å². The van der Waals surface area contributed by atoms with Crippen LogP contribution in [0, 0.1) is 0 Å². The number of fused-ring (bicyclic) bond motifs is 1. The molecule has 6 nitrogen and oxygen atoms in total. The number of rotatable bonds is 5. The summed E-state index contributed by atoms with van der Waals surface area (Å²) in [6.45, 7) is 2.96. The number of hydrogen-bond donors (Lipinski definition) is 3. The van der Waals surface area contributed by atoms with Crippen LogP contribution >= 0.6 is 0 Å². The maximum Gasteiger partial charge on any atom is 0.339 e. The zero-order valence-corrected chi connectivity index (χ0v) is 14.5. The van der Waals surface area contributed by atoms with Gasteiger partial charge in [-0.3, -0.25) is 4.90 Å². The van der Waals surface area contributed by atoms with Gasteiger partial charge in [0.1, 0.15) is 11.2 Å². The van der Waals surface area contributed by atoms with Crippen LogP contribution in [-0.2, 0) is 6.54 Å². The summed E-state index contributed by atoms with van der Waals surface area (Å²) >= 11 is 0. The molecule has 0 unspecified atom stereocenters. The lowest BCUT2D eigenvalue weighted by Gasteiger charge is -2.33. The van der Waals surface area contributed by atoms with Crippen LogP contribution in [0.2, 0.25) is 0 Å². The van der Waals surface area contributed by atoms with Crippen LogP contribution in [-0.4, -0.2) is 45.1 Å². The van der Waals surface area contributed by atoms with Crippen LogP contribution in [0.4, 0.5) is 5.69 Å². The molecule has 3 heterocycles. The molecule has 1 fully saturated rings. The number of nitrogens with zero attached hydrogens (tertiary/aromatic N) is 2. The third kappa shape index (κ3) is 3.41. The number of piperidine rings is 1. The summed E-state index contributed by atoms with van der Waals surface area (Å²) in [5.41, 5.74) is 2.93. The summed E-state index contributed by atoms with van der Waals surface area (Å²) < 4.78 is 0. The molecule has 4 rings (SSSR count). The Bertz CT molecular complexity index is 899. The van der Waals surface area contributed by atoms with Crippen molar-refractivity contribution in [3.8, 4) is 0 Å². The molecule has 0 bridgehead atoms. The van der Waals surface area contributed by atoms with Gasteiger partial charge in [-0.05, 0) is 24.5 Å². The largest absolute Gasteiger partial charge is 0.478 e. The van der Waals surface area contributed by atoms with Crippen molar-refractivity contribution in [1.82, 2.24) is 14.9 Å². The number of hydrogen-bond acceptors (Lipinski definition) is 4. The van der Waals surface area contributed by atoms with Crippen molar-refractivity contribution >= 4 is 22.7 Å². The molecule has 0 amide bonds. The molecule has 1 aromatic carbocycles. The molecule has 1 aliphatic heterocycles. The highest BCUT2D eigenvalue weighted by atomic mass is 16.4. The molecular formula is C20H22N4O2. The lowest BCUT2D eigenvalue weighted by atomic mass is 10.0. The lowest BCUT2D eigenvalue weighted by molar-refractivity contribution is 0.0697. The van der Waals surface area contributed by atoms with Crippen molar-refractivity contribution in [2.75, 3.05) is 18.4 Å². The van der Waals surface area contributed by atoms with Gasteiger partial charge in [-0.1, -0.05) is 30.3 Å². The Hall–Kier alpha value is -2.86. The fraction of sp³-hybridized carbons (Fsp3) is 0.300. The fourth-order valence-electron chi connectivity index (χ4n) is 3.61. The minimum absolute atomic E-state index is 0.226. The van der Waals surface area contributed by atoms with Gasteiger partial charge in [-0.15, -0.1) is 0 Å². The monoisotopic (exact) mass is 350 g/mol. The maximum atomic E-state index is 11.6. The van der Waals surface area contributed by atoms with Crippen LogP contribution in [0.15, 0.2) is 48.8 Å². The smallest absolute Gasteiger partial charge is 0.339 e. The summed E-state index contributed by atoms with van der Waals surface area (Å²) in [5, 5.41) is 13.8. The van der Waals surface area contributed by atoms with E-state index in [1.807, 2.05) is 12.1 Å². The number of nitrogens with one attached hydrogen (secondary N) is 2. The Kier molecular flexibility index (Phi) is 4.58. The second-order valence-corrected chi connectivity index (χ2v) is 6.77. The molecule has 26 heavy (non-hydrogen) atoms. The van der Waals surface area contributed by atoms with Gasteiger partial charge >= 0.3 is 5.97 Å². The van der Waals surface area contributed by atoms with Crippen LogP contribution in [0.1, 0.15) is 28.8 Å². The zero-order chi connectivity index (χ0) is 17.9. The topological polar surface area (TPSA) is 81.2 Å². The highest BCUT2D eigenvalue weighted by molar-refractivity contribution is 6.03. The minimum Gasteiger partial charge on any atom is -0.478 e. The molecule has 0 saturated carbocycles. The molecule has 6 heteroatoms. The highest BCUT2D eigenvalue weighted by Crippen LogP contribution is 2.28. The highest BCUT2D eigenvalue weighted by Gasteiger charge is 2.22. The predicted molar refractivity (Wildman–Crippen MR) is 101 cm³/mol. The van der Waals surface area contributed by atoms with E-state index in [1.54, 1.807) is 6.20 Å². The van der Waals surface area contributed by atoms with Crippen molar-refractivity contribution in [2.45, 2.75) is 25.4 Å². The zero-order valence-electron chi connectivity index (χ0n) is 14.5. The number of likely N-dealkylation sites (tertiary alicyclic amines) is 1. The van der Waals surface area contributed by atoms with Gasteiger partial charge in [0.05, 0.1) is 5.69 Å². The molecule has 3 N–H and O–H groups in total. The Morgan fingerprint density at radius 1 is 1.23 bits per heavy atom. The number of aromatic nitrogens is 2. The number of benzene rings is 1. The normalized spacial score (nSPS) is 16.0. The van der Waals surface area contributed by atoms with Crippen LogP contribution in [0.5, 0.6) is 0 Å². The van der Waals surface area contributed by atoms with E-state index < -0.39 is 5.97 Å². The average Bonchev–Trinajstić information content (AvgIpc) is 3.13. The lowest BCUT2D eigenvalue weighted by Crippen LogP contribution is -2.38. The Balaban J connectivity index is 1.45. The summed E-state index contributed by atoms with van der Waals surface area (Å²) in [5.74, 6) is -0.954. The van der Waals surface area contributed by atoms with Gasteiger partial charge in [0.15, 0.2) is 0 Å². The predicted octanol–water partition coefficient (Wildman–Crippen LogP) is 3.34. The number of carbonyl (C=O) groups is 1. The van der Waals surface area contributed by atoms with Crippen molar-refractivity contribution in [3.63, 3.8) is 0 Å². The number of H-pyrrole nitrogens is 1. The molecule has 0 spiro atoms. The Morgan fingerprint density at radius 3 is 2.73 bits per heavy atom. The molecule has 134 valence electrons. The second kappa shape index (κ2) is 7.17. The van der Waals surface area contributed by atoms with Crippen molar-refractivity contribution in [2.24, 2.45) is 0 Å². The molecule has 1 saturated heterocycles. The average molecular weight is 350 g/mol. The number of aromatic carboxylic acids is 1. The van der Waals surface area contributed by atoms with Gasteiger partial charge in [-0.2, -0.15) is 0 Å². The SMILES string of the molecule is O=C(O)c1cnc2[nH]ccc2c1NC1CCN(Cc2ccccc2)CC1. The fourth-order valence-corrected chi connectivity index (χ4v) is 3.61. The second-order valence-electron chi connectivity index (χ2n) is 6.77. The van der Waals surface area contributed by atoms with Crippen molar-refractivity contribution in [1.29, 1.82) is 0 Å². The number of anilines is 1. The summed E-state index contributed by atoms with van der Waals surface area (Å²) in [6.07, 6.45) is 5.19. The molecule has 2 aromatic heterocycles. The van der Waals surface area contributed by atoms with E-state index in [2.05, 4.69) is 44.5 Å². The van der Waals surface area contributed by atoms with E-state index in [1.165, 1.54) is 11.8 Å². The van der Waals surface area contributed by atoms with Crippen LogP contribution in [0.3, 0.4) is 0 Å². The van der Waals surface area contributed by atoms with E-state index in [9.17, 15) is 9.90 Å². The van der Waals surface area contributed by atoms with Crippen LogP contribution < -0.4 is 5.32 Å². The van der Waals surface area contributed by atoms with Gasteiger partial charge in [0.25, 0.3) is 0 Å². The number of carboxylic acids is 1. The number of pyridine rings is 1. The summed E-state index contributed by atoms with van der Waals surface area (Å²) in [6, 6.07) is 12.6. The van der Waals surface area contributed by atoms with E-state index in [0.717, 1.165) is 37.9 Å². The maximum absolute atomic E-state index is 11.6. The summed E-state index contributed by atoms with van der Waals surface area (Å²) in [4.78, 5) is 21.3. The molecule has 0 atom stereocenters. The molecule has 0 aliphatic carbocycles. The number of aromatic amines is 1. The van der Waals surface area contributed by atoms with Gasteiger partial charge in [-0.25, -0.2) is 9.78 Å². The number of carboxylic acid groups (broad SMARTS) is 1. The molecule has 0 radical (unpaired) electrons. The third-order valence-corrected chi connectivity index (χ3v) is 5.00. The molecule has 1 aliphatic rings. The Morgan fingerprint density at radius 2 is 2.00 bits per heavy atom. The first-order chi connectivity index (χ1) is 12.7. The van der Waals surface area contributed by atoms with Gasteiger partial charge in [0.2, 0.25) is 0 Å². The van der Waals surface area contributed by atoms with E-state index in [4.69, 9.17) is 0 Å². The van der Waals surface area contributed by atoms with E-state index >= 15 is 0 Å². The Labute approximate surface area is 151 Å². The first-order valence-corrected chi connectivity index (χ1v) is 8.93. The quantitative estimate of drug-likeness (QED) is 0.657. The molecule has 3 aromatic rings.